The van der Waals surface area contributed by atoms with Crippen LogP contribution in [0.1, 0.15) is 40.5 Å². The number of carbonyl (C=O) groups is 2. The molecule has 0 radical (unpaired) electrons. The third kappa shape index (κ3) is 4.44. The zero-order valence-electron chi connectivity index (χ0n) is 17.4. The Hall–Kier alpha value is -2.82. The van der Waals surface area contributed by atoms with Crippen molar-refractivity contribution in [2.75, 3.05) is 10.6 Å². The molecule has 0 saturated heterocycles. The van der Waals surface area contributed by atoms with Gasteiger partial charge in [-0.05, 0) is 72.2 Å². The van der Waals surface area contributed by atoms with Crippen molar-refractivity contribution in [1.29, 1.82) is 0 Å². The van der Waals surface area contributed by atoms with Crippen LogP contribution >= 0.6 is 0 Å². The molecule has 2 aliphatic carbocycles. The van der Waals surface area contributed by atoms with Crippen LogP contribution in [0.25, 0.3) is 0 Å². The van der Waals surface area contributed by atoms with E-state index in [0.717, 1.165) is 24.2 Å². The summed E-state index contributed by atoms with van der Waals surface area (Å²) in [5, 5.41) is 5.92. The highest BCUT2D eigenvalue weighted by molar-refractivity contribution is 5.95. The fourth-order valence-electron chi connectivity index (χ4n) is 3.64. The highest BCUT2D eigenvalue weighted by Gasteiger charge is 2.51. The first kappa shape index (κ1) is 19.5. The van der Waals surface area contributed by atoms with E-state index in [2.05, 4.69) is 38.3 Å². The monoisotopic (exact) mass is 392 g/mol. The van der Waals surface area contributed by atoms with Crippen molar-refractivity contribution in [3.05, 3.63) is 48.5 Å². The molecule has 2 aromatic rings. The number of benzene rings is 2. The number of amides is 2. The molecule has 0 bridgehead atoms. The van der Waals surface area contributed by atoms with E-state index >= 15 is 0 Å². The number of hydrogen-bond donors (Lipinski definition) is 2. The third-order valence-corrected chi connectivity index (χ3v) is 6.14. The van der Waals surface area contributed by atoms with Gasteiger partial charge in [-0.15, -0.1) is 0 Å². The Balaban J connectivity index is 1.30. The van der Waals surface area contributed by atoms with E-state index in [1.807, 2.05) is 48.5 Å². The molecule has 2 N–H and O–H groups in total. The van der Waals surface area contributed by atoms with Crippen molar-refractivity contribution in [3.63, 3.8) is 0 Å². The van der Waals surface area contributed by atoms with Gasteiger partial charge >= 0.3 is 0 Å². The van der Waals surface area contributed by atoms with Gasteiger partial charge in [-0.3, -0.25) is 9.59 Å². The second kappa shape index (κ2) is 6.90. The molecule has 2 atom stereocenters. The van der Waals surface area contributed by atoms with Crippen LogP contribution in [0.2, 0.25) is 0 Å². The van der Waals surface area contributed by atoms with Gasteiger partial charge in [0.25, 0.3) is 0 Å². The number of nitrogens with one attached hydrogen (secondary N) is 2. The summed E-state index contributed by atoms with van der Waals surface area (Å²) in [6, 6.07) is 14.7. The van der Waals surface area contributed by atoms with E-state index in [4.69, 9.17) is 4.74 Å². The van der Waals surface area contributed by atoms with Crippen LogP contribution in [0.3, 0.4) is 0 Å². The molecule has 5 heteroatoms. The maximum absolute atomic E-state index is 12.2. The average Bonchev–Trinajstić information content (AvgIpc) is 3.52. The Morgan fingerprint density at radius 3 is 1.31 bits per heavy atom. The van der Waals surface area contributed by atoms with E-state index in [9.17, 15) is 9.59 Å². The molecule has 152 valence electrons. The van der Waals surface area contributed by atoms with Crippen LogP contribution in [0.5, 0.6) is 11.5 Å². The first-order chi connectivity index (χ1) is 13.6. The largest absolute Gasteiger partial charge is 0.457 e. The van der Waals surface area contributed by atoms with E-state index in [-0.39, 0.29) is 34.5 Å². The summed E-state index contributed by atoms with van der Waals surface area (Å²) < 4.78 is 5.86. The molecule has 4 rings (SSSR count). The Kier molecular flexibility index (Phi) is 4.64. The minimum atomic E-state index is 0.0795. The molecule has 2 fully saturated rings. The van der Waals surface area contributed by atoms with E-state index in [1.165, 1.54) is 0 Å². The summed E-state index contributed by atoms with van der Waals surface area (Å²) in [6.07, 6.45) is 1.88. The Bertz CT molecular complexity index is 852. The summed E-state index contributed by atoms with van der Waals surface area (Å²) in [5.41, 5.74) is 1.78. The number of carbonyl (C=O) groups excluding carboxylic acids is 2. The van der Waals surface area contributed by atoms with Gasteiger partial charge in [-0.2, -0.15) is 0 Å². The van der Waals surface area contributed by atoms with Crippen LogP contribution in [0.4, 0.5) is 11.4 Å². The van der Waals surface area contributed by atoms with Gasteiger partial charge in [-0.25, -0.2) is 0 Å². The first-order valence-corrected chi connectivity index (χ1v) is 10.1. The molecule has 2 amide bonds. The summed E-state index contributed by atoms with van der Waals surface area (Å²) in [6.45, 7) is 8.43. The van der Waals surface area contributed by atoms with Crippen LogP contribution < -0.4 is 15.4 Å². The second-order valence-corrected chi connectivity index (χ2v) is 9.62. The highest BCUT2D eigenvalue weighted by Crippen LogP contribution is 2.52. The topological polar surface area (TPSA) is 67.4 Å². The van der Waals surface area contributed by atoms with E-state index < -0.39 is 0 Å². The SMILES string of the molecule is CC1(C)CC1C(=O)Nc1ccc(Oc2ccc(NC(=O)C3CC3(C)C)cc2)cc1. The Labute approximate surface area is 171 Å². The molecule has 29 heavy (non-hydrogen) atoms. The van der Waals surface area contributed by atoms with Crippen molar-refractivity contribution < 1.29 is 14.3 Å². The maximum Gasteiger partial charge on any atom is 0.228 e. The molecule has 0 heterocycles. The van der Waals surface area contributed by atoms with Crippen LogP contribution in [0, 0.1) is 22.7 Å². The molecule has 2 saturated carbocycles. The summed E-state index contributed by atoms with van der Waals surface area (Å²) in [5.74, 6) is 1.73. The maximum atomic E-state index is 12.2. The number of ether oxygens (including phenoxy) is 1. The lowest BCUT2D eigenvalue weighted by atomic mass is 10.1. The molecule has 2 aliphatic rings. The predicted octanol–water partition coefficient (Wildman–Crippen LogP) is 5.45. The predicted molar refractivity (Wildman–Crippen MR) is 114 cm³/mol. The van der Waals surface area contributed by atoms with Crippen molar-refractivity contribution in [2.24, 2.45) is 22.7 Å². The number of rotatable bonds is 6. The molecular formula is C24H28N2O3. The van der Waals surface area contributed by atoms with Gasteiger partial charge in [0.2, 0.25) is 11.8 Å². The average molecular weight is 392 g/mol. The van der Waals surface area contributed by atoms with Crippen LogP contribution in [-0.2, 0) is 9.59 Å². The summed E-state index contributed by atoms with van der Waals surface area (Å²) in [7, 11) is 0. The van der Waals surface area contributed by atoms with Crippen molar-refractivity contribution in [1.82, 2.24) is 0 Å². The smallest absolute Gasteiger partial charge is 0.228 e. The van der Waals surface area contributed by atoms with Crippen LogP contribution in [-0.4, -0.2) is 11.8 Å². The lowest BCUT2D eigenvalue weighted by Gasteiger charge is -2.10. The Morgan fingerprint density at radius 2 is 1.03 bits per heavy atom. The van der Waals surface area contributed by atoms with Crippen molar-refractivity contribution in [3.8, 4) is 11.5 Å². The van der Waals surface area contributed by atoms with Gasteiger partial charge in [0.15, 0.2) is 0 Å². The quantitative estimate of drug-likeness (QED) is 0.687. The molecule has 0 aliphatic heterocycles. The zero-order valence-corrected chi connectivity index (χ0v) is 17.4. The summed E-state index contributed by atoms with van der Waals surface area (Å²) in [4.78, 5) is 24.4. The van der Waals surface area contributed by atoms with Gasteiger partial charge < -0.3 is 15.4 Å². The molecular weight excluding hydrogens is 364 g/mol. The van der Waals surface area contributed by atoms with E-state index in [0.29, 0.717) is 11.5 Å². The summed E-state index contributed by atoms with van der Waals surface area (Å²) >= 11 is 0. The lowest BCUT2D eigenvalue weighted by molar-refractivity contribution is -0.118. The first-order valence-electron chi connectivity index (χ1n) is 10.1. The minimum Gasteiger partial charge on any atom is -0.457 e. The minimum absolute atomic E-state index is 0.0795. The number of anilines is 2. The molecule has 2 unspecified atom stereocenters. The lowest BCUT2D eigenvalue weighted by Crippen LogP contribution is -2.16. The van der Waals surface area contributed by atoms with Gasteiger partial charge in [-0.1, -0.05) is 27.7 Å². The molecule has 2 aromatic carbocycles. The molecule has 0 spiro atoms. The normalized spacial score (nSPS) is 23.0. The van der Waals surface area contributed by atoms with Crippen molar-refractivity contribution in [2.45, 2.75) is 40.5 Å². The van der Waals surface area contributed by atoms with Crippen molar-refractivity contribution >= 4 is 23.2 Å². The number of hydrogen-bond acceptors (Lipinski definition) is 3. The fourth-order valence-corrected chi connectivity index (χ4v) is 3.64. The Morgan fingerprint density at radius 1 is 0.724 bits per heavy atom. The molecule has 0 aromatic heterocycles. The highest BCUT2D eigenvalue weighted by atomic mass is 16.5. The van der Waals surface area contributed by atoms with Gasteiger partial charge in [0.1, 0.15) is 11.5 Å². The zero-order chi connectivity index (χ0) is 20.8. The van der Waals surface area contributed by atoms with Gasteiger partial charge in [0.05, 0.1) is 0 Å². The van der Waals surface area contributed by atoms with E-state index in [1.54, 1.807) is 0 Å². The van der Waals surface area contributed by atoms with Gasteiger partial charge in [0, 0.05) is 23.2 Å². The second-order valence-electron chi connectivity index (χ2n) is 9.62. The third-order valence-electron chi connectivity index (χ3n) is 6.14. The fraction of sp³-hybridized carbons (Fsp3) is 0.417. The molecule has 5 nitrogen and oxygen atoms in total. The standard InChI is InChI=1S/C24H28N2O3/c1-23(2)13-19(23)21(27)25-15-5-9-17(10-6-15)29-18-11-7-16(8-12-18)26-22(28)20-14-24(20,3)4/h5-12,19-20H,13-14H2,1-4H3,(H,25,27)(H,26,28). The van der Waals surface area contributed by atoms with Crippen LogP contribution in [0.15, 0.2) is 48.5 Å².